The monoisotopic (exact) mass is 523 g/mol. The minimum Gasteiger partial charge on any atom is -0.497 e. The molecule has 196 valence electrons. The highest BCUT2D eigenvalue weighted by Gasteiger charge is 2.39. The van der Waals surface area contributed by atoms with Gasteiger partial charge in [-0.3, -0.25) is 24.2 Å². The summed E-state index contributed by atoms with van der Waals surface area (Å²) in [6, 6.07) is 9.38. The molecule has 9 nitrogen and oxygen atoms in total. The van der Waals surface area contributed by atoms with Crippen LogP contribution < -0.4 is 19.7 Å². The summed E-state index contributed by atoms with van der Waals surface area (Å²) in [4.78, 5) is 32.1. The molecule has 1 unspecified atom stereocenters. The Morgan fingerprint density at radius 1 is 1.22 bits per heavy atom. The zero-order valence-corrected chi connectivity index (χ0v) is 22.9. The van der Waals surface area contributed by atoms with Crippen molar-refractivity contribution in [1.82, 2.24) is 20.1 Å². The van der Waals surface area contributed by atoms with Gasteiger partial charge in [0, 0.05) is 42.5 Å². The molecule has 1 N–H and O–H groups in total. The van der Waals surface area contributed by atoms with Gasteiger partial charge in [0.1, 0.15) is 23.9 Å². The number of anilines is 1. The van der Waals surface area contributed by atoms with E-state index in [4.69, 9.17) is 14.6 Å². The molecular formula is C27H33N5O4S. The van der Waals surface area contributed by atoms with Crippen molar-refractivity contribution in [3.8, 4) is 11.5 Å². The number of carbonyl (C=O) groups is 2. The Morgan fingerprint density at radius 2 is 2.00 bits per heavy atom. The first-order valence-electron chi connectivity index (χ1n) is 12.0. The Bertz CT molecular complexity index is 1290. The van der Waals surface area contributed by atoms with Crippen molar-refractivity contribution in [3.63, 3.8) is 0 Å². The van der Waals surface area contributed by atoms with E-state index in [0.29, 0.717) is 23.9 Å². The first kappa shape index (κ1) is 26.5. The topological polar surface area (TPSA) is 98.6 Å². The second kappa shape index (κ2) is 10.8. The van der Waals surface area contributed by atoms with Crippen LogP contribution in [-0.4, -0.2) is 53.1 Å². The normalized spacial score (nSPS) is 15.7. The van der Waals surface area contributed by atoms with Crippen LogP contribution in [0, 0.1) is 0 Å². The number of ether oxygens (including phenoxy) is 2. The van der Waals surface area contributed by atoms with Gasteiger partial charge in [0.25, 0.3) is 0 Å². The molecule has 1 atom stereocenters. The van der Waals surface area contributed by atoms with E-state index < -0.39 is 0 Å². The molecule has 3 aromatic rings. The largest absolute Gasteiger partial charge is 0.497 e. The van der Waals surface area contributed by atoms with Crippen LogP contribution in [-0.2, 0) is 28.6 Å². The first-order valence-corrected chi connectivity index (χ1v) is 13.1. The van der Waals surface area contributed by atoms with Gasteiger partial charge in [0.2, 0.25) is 11.8 Å². The number of nitrogens with zero attached hydrogens (tertiary/aromatic N) is 4. The lowest BCUT2D eigenvalue weighted by Gasteiger charge is -2.25. The van der Waals surface area contributed by atoms with Crippen LogP contribution in [0.1, 0.15) is 48.4 Å². The number of rotatable bonds is 7. The van der Waals surface area contributed by atoms with Crippen molar-refractivity contribution in [2.75, 3.05) is 31.4 Å². The third-order valence-electron chi connectivity index (χ3n) is 6.19. The summed E-state index contributed by atoms with van der Waals surface area (Å²) >= 11 is 1.50. The van der Waals surface area contributed by atoms with Crippen LogP contribution >= 0.6 is 11.8 Å². The molecule has 0 aliphatic carbocycles. The number of fused-ring (bicyclic) bond motifs is 1. The fourth-order valence-corrected chi connectivity index (χ4v) is 5.65. The van der Waals surface area contributed by atoms with E-state index in [9.17, 15) is 9.59 Å². The zero-order valence-electron chi connectivity index (χ0n) is 22.1. The Labute approximate surface area is 221 Å². The van der Waals surface area contributed by atoms with Crippen LogP contribution in [0.4, 0.5) is 5.82 Å². The number of amides is 2. The second-order valence-electron chi connectivity index (χ2n) is 9.88. The van der Waals surface area contributed by atoms with Gasteiger partial charge in [-0.15, -0.1) is 11.8 Å². The maximum absolute atomic E-state index is 13.5. The standard InChI is InChI=1S/C27H33N5O4S/c1-27(2,3)25-23-24(19-12-18(35-5)9-10-20(19)36-6)37-16-22(34)32(26(23)31(4)30-25)15-21(33)29-14-17-8-7-11-28-13-17/h7-13,24H,14-16H2,1-6H3,(H,29,33). The molecule has 3 heterocycles. The molecule has 37 heavy (non-hydrogen) atoms. The molecule has 0 fully saturated rings. The highest BCUT2D eigenvalue weighted by Crippen LogP contribution is 2.50. The van der Waals surface area contributed by atoms with Crippen LogP contribution in [0.3, 0.4) is 0 Å². The highest BCUT2D eigenvalue weighted by atomic mass is 32.2. The van der Waals surface area contributed by atoms with Crippen LogP contribution in [0.25, 0.3) is 0 Å². The lowest BCUT2D eigenvalue weighted by molar-refractivity contribution is -0.123. The lowest BCUT2D eigenvalue weighted by Crippen LogP contribution is -2.42. The van der Waals surface area contributed by atoms with Gasteiger partial charge in [-0.25, -0.2) is 0 Å². The Kier molecular flexibility index (Phi) is 7.77. The Hall–Kier alpha value is -3.53. The number of thioether (sulfide) groups is 1. The maximum Gasteiger partial charge on any atom is 0.240 e. The van der Waals surface area contributed by atoms with Gasteiger partial charge in [-0.2, -0.15) is 5.10 Å². The average molecular weight is 524 g/mol. The number of nitrogens with one attached hydrogen (secondary N) is 1. The van der Waals surface area contributed by atoms with Gasteiger partial charge in [0.05, 0.1) is 30.9 Å². The fourth-order valence-electron chi connectivity index (χ4n) is 4.44. The number of hydrogen-bond donors (Lipinski definition) is 1. The molecule has 0 bridgehead atoms. The van der Waals surface area contributed by atoms with E-state index in [-0.39, 0.29) is 34.8 Å². The molecule has 0 radical (unpaired) electrons. The van der Waals surface area contributed by atoms with Crippen molar-refractivity contribution < 1.29 is 19.1 Å². The molecule has 0 saturated carbocycles. The molecule has 2 aromatic heterocycles. The fraction of sp³-hybridized carbons (Fsp3) is 0.407. The van der Waals surface area contributed by atoms with E-state index in [2.05, 4.69) is 31.1 Å². The summed E-state index contributed by atoms with van der Waals surface area (Å²) in [6.45, 7) is 6.50. The van der Waals surface area contributed by atoms with E-state index in [1.54, 1.807) is 36.2 Å². The van der Waals surface area contributed by atoms with Gasteiger partial charge in [-0.05, 0) is 29.8 Å². The van der Waals surface area contributed by atoms with Crippen LogP contribution in [0.5, 0.6) is 11.5 Å². The third kappa shape index (κ3) is 5.58. The second-order valence-corrected chi connectivity index (χ2v) is 11.0. The van der Waals surface area contributed by atoms with E-state index in [1.165, 1.54) is 11.8 Å². The van der Waals surface area contributed by atoms with Crippen LogP contribution in [0.2, 0.25) is 0 Å². The molecule has 1 aromatic carbocycles. The molecule has 1 aliphatic rings. The van der Waals surface area contributed by atoms with Crippen molar-refractivity contribution >= 4 is 29.4 Å². The number of aryl methyl sites for hydroxylation is 1. The summed E-state index contributed by atoms with van der Waals surface area (Å²) in [6.07, 6.45) is 3.39. The summed E-state index contributed by atoms with van der Waals surface area (Å²) in [7, 11) is 5.07. The molecule has 1 aliphatic heterocycles. The van der Waals surface area contributed by atoms with Gasteiger partial charge in [0.15, 0.2) is 0 Å². The molecule has 2 amide bonds. The van der Waals surface area contributed by atoms with Crippen molar-refractivity contribution in [3.05, 3.63) is 65.1 Å². The molecule has 10 heteroatoms. The number of hydrogen-bond acceptors (Lipinski definition) is 7. The molecule has 0 saturated heterocycles. The third-order valence-corrected chi connectivity index (χ3v) is 7.43. The molecule has 4 rings (SSSR count). The average Bonchev–Trinajstić information content (AvgIpc) is 3.16. The van der Waals surface area contributed by atoms with Crippen LogP contribution in [0.15, 0.2) is 42.7 Å². The number of methoxy groups -OCH3 is 2. The number of aromatic nitrogens is 3. The number of pyridine rings is 1. The van der Waals surface area contributed by atoms with E-state index >= 15 is 0 Å². The minimum atomic E-state index is -0.308. The quantitative estimate of drug-likeness (QED) is 0.505. The first-order chi connectivity index (χ1) is 17.6. The highest BCUT2D eigenvalue weighted by molar-refractivity contribution is 8.00. The SMILES string of the molecule is COc1ccc(OC)c(C2SCC(=O)N(CC(=O)NCc3cccnc3)c3c2c(C(C)(C)C)nn3C)c1. The summed E-state index contributed by atoms with van der Waals surface area (Å²) in [5.41, 5.74) is 3.23. The van der Waals surface area contributed by atoms with Crippen molar-refractivity contribution in [1.29, 1.82) is 0 Å². The predicted molar refractivity (Wildman–Crippen MR) is 144 cm³/mol. The summed E-state index contributed by atoms with van der Waals surface area (Å²) < 4.78 is 12.9. The number of carbonyl (C=O) groups excluding carboxylic acids is 2. The van der Waals surface area contributed by atoms with E-state index in [1.807, 2.05) is 37.4 Å². The smallest absolute Gasteiger partial charge is 0.240 e. The summed E-state index contributed by atoms with van der Waals surface area (Å²) in [5, 5.41) is 7.51. The number of benzene rings is 1. The van der Waals surface area contributed by atoms with Crippen molar-refractivity contribution in [2.24, 2.45) is 7.05 Å². The summed E-state index contributed by atoms with van der Waals surface area (Å²) in [5.74, 6) is 1.79. The van der Waals surface area contributed by atoms with Gasteiger partial charge in [-0.1, -0.05) is 26.8 Å². The molecule has 0 spiro atoms. The molecular weight excluding hydrogens is 490 g/mol. The Morgan fingerprint density at radius 3 is 2.65 bits per heavy atom. The Balaban J connectivity index is 1.77. The van der Waals surface area contributed by atoms with Gasteiger partial charge < -0.3 is 14.8 Å². The van der Waals surface area contributed by atoms with Crippen molar-refractivity contribution in [2.45, 2.75) is 38.0 Å². The van der Waals surface area contributed by atoms with Gasteiger partial charge >= 0.3 is 0 Å². The maximum atomic E-state index is 13.5. The van der Waals surface area contributed by atoms with E-state index in [0.717, 1.165) is 22.4 Å². The lowest BCUT2D eigenvalue weighted by atomic mass is 9.87. The zero-order chi connectivity index (χ0) is 26.7. The predicted octanol–water partition coefficient (Wildman–Crippen LogP) is 3.62. The minimum absolute atomic E-state index is 0.113.